The van der Waals surface area contributed by atoms with Crippen LogP contribution >= 0.6 is 11.3 Å². The molecule has 0 aliphatic rings. The van der Waals surface area contributed by atoms with Gasteiger partial charge in [0.15, 0.2) is 14.1 Å². The molecule has 0 spiro atoms. The summed E-state index contributed by atoms with van der Waals surface area (Å²) in [6.45, 7) is 11.1. The van der Waals surface area contributed by atoms with Crippen LogP contribution in [0.5, 0.6) is 0 Å². The zero-order chi connectivity index (χ0) is 25.7. The first-order chi connectivity index (χ1) is 16.4. The number of oxazole rings is 1. The highest BCUT2D eigenvalue weighted by Gasteiger charge is 2.40. The van der Waals surface area contributed by atoms with Gasteiger partial charge in [-0.05, 0) is 55.1 Å². The number of nitrogens with two attached hydrogens (primary N) is 1. The van der Waals surface area contributed by atoms with Gasteiger partial charge in [-0.25, -0.2) is 18.5 Å². The largest absolute Gasteiger partial charge is 0.437 e. The van der Waals surface area contributed by atoms with Gasteiger partial charge in [0.1, 0.15) is 10.3 Å². The summed E-state index contributed by atoms with van der Waals surface area (Å²) in [5, 5.41) is 5.32. The summed E-state index contributed by atoms with van der Waals surface area (Å²) in [5.74, 6) is 1.09. The highest BCUT2D eigenvalue weighted by molar-refractivity contribution is 7.91. The third-order valence-corrected chi connectivity index (χ3v) is 13.7. The fourth-order valence-corrected chi connectivity index (χ4v) is 6.54. The van der Waals surface area contributed by atoms with Crippen molar-refractivity contribution < 1.29 is 17.3 Å². The first-order valence-electron chi connectivity index (χ1n) is 12.2. The van der Waals surface area contributed by atoms with Crippen molar-refractivity contribution in [2.75, 3.05) is 0 Å². The third kappa shape index (κ3) is 7.85. The molecule has 0 saturated heterocycles. The van der Waals surface area contributed by atoms with Gasteiger partial charge in [-0.2, -0.15) is 0 Å². The smallest absolute Gasteiger partial charge is 0.247 e. The van der Waals surface area contributed by atoms with Crippen molar-refractivity contribution in [2.45, 2.75) is 87.7 Å². The summed E-state index contributed by atoms with van der Waals surface area (Å²) < 4.78 is 36.2. The number of thiophene rings is 1. The molecule has 0 aliphatic heterocycles. The number of aromatic nitrogens is 1. The summed E-state index contributed by atoms with van der Waals surface area (Å²) in [4.78, 5) is 5.22. The van der Waals surface area contributed by atoms with Crippen molar-refractivity contribution in [3.63, 3.8) is 0 Å². The van der Waals surface area contributed by atoms with E-state index < -0.39 is 18.3 Å². The molecule has 0 amide bonds. The lowest BCUT2D eigenvalue weighted by atomic mass is 10.0. The van der Waals surface area contributed by atoms with E-state index in [0.29, 0.717) is 16.5 Å². The van der Waals surface area contributed by atoms with E-state index in [4.69, 9.17) is 14.0 Å². The fourth-order valence-electron chi connectivity index (χ4n) is 3.58. The first-order valence-corrected chi connectivity index (χ1v) is 17.4. The van der Waals surface area contributed by atoms with Gasteiger partial charge in [0.05, 0.1) is 11.1 Å². The number of unbranched alkanes of at least 4 members (excludes halogenated alkanes) is 3. The minimum Gasteiger partial charge on any atom is -0.437 e. The predicted molar refractivity (Wildman–Crippen MR) is 145 cm³/mol. The first kappa shape index (κ1) is 27.8. The van der Waals surface area contributed by atoms with Crippen LogP contribution in [-0.4, -0.2) is 21.7 Å². The minimum atomic E-state index is -3.74. The van der Waals surface area contributed by atoms with Gasteiger partial charge < -0.3 is 8.84 Å². The Balaban J connectivity index is 1.66. The van der Waals surface area contributed by atoms with Crippen LogP contribution in [0.15, 0.2) is 57.3 Å². The molecule has 3 aromatic rings. The lowest BCUT2D eigenvalue weighted by Gasteiger charge is -2.38. The summed E-state index contributed by atoms with van der Waals surface area (Å²) in [6.07, 6.45) is 7.86. The maximum absolute atomic E-state index is 11.6. The van der Waals surface area contributed by atoms with Gasteiger partial charge in [0, 0.05) is 0 Å². The number of sulfonamides is 1. The van der Waals surface area contributed by atoms with Gasteiger partial charge in [0.25, 0.3) is 0 Å². The molecule has 2 heterocycles. The summed E-state index contributed by atoms with van der Waals surface area (Å²) in [5.41, 5.74) is 1.39. The number of rotatable bonds is 12. The van der Waals surface area contributed by atoms with Crippen molar-refractivity contribution in [2.24, 2.45) is 5.14 Å². The number of hydrogen-bond acceptors (Lipinski definition) is 6. The van der Waals surface area contributed by atoms with Crippen LogP contribution in [0.1, 0.15) is 70.4 Å². The van der Waals surface area contributed by atoms with Crippen molar-refractivity contribution in [1.29, 1.82) is 0 Å². The van der Waals surface area contributed by atoms with Crippen LogP contribution in [0.3, 0.4) is 0 Å². The Morgan fingerprint density at radius 3 is 2.37 bits per heavy atom. The van der Waals surface area contributed by atoms with Gasteiger partial charge in [-0.1, -0.05) is 70.4 Å². The van der Waals surface area contributed by atoms with Crippen LogP contribution in [0.2, 0.25) is 18.1 Å². The Labute approximate surface area is 215 Å². The van der Waals surface area contributed by atoms with Crippen molar-refractivity contribution in [3.8, 4) is 10.6 Å². The van der Waals surface area contributed by atoms with Gasteiger partial charge in [-0.15, -0.1) is 11.3 Å². The Bertz CT molecular complexity index is 1180. The van der Waals surface area contributed by atoms with E-state index in [1.807, 2.05) is 0 Å². The third-order valence-electron chi connectivity index (χ3n) is 6.67. The van der Waals surface area contributed by atoms with E-state index in [0.717, 1.165) is 37.0 Å². The van der Waals surface area contributed by atoms with Gasteiger partial charge in [-0.3, -0.25) is 0 Å². The molecule has 0 aliphatic carbocycles. The number of benzene rings is 1. The summed E-state index contributed by atoms with van der Waals surface area (Å²) >= 11 is 1.08. The molecule has 35 heavy (non-hydrogen) atoms. The van der Waals surface area contributed by atoms with Gasteiger partial charge >= 0.3 is 0 Å². The maximum atomic E-state index is 11.6. The SMILES string of the molecule is CC(C)(C)[Si](C)(C)OC(CCCCCCc1ccccc1)c1ncc(-c2ccc(S(N)(=O)=O)s2)o1. The van der Waals surface area contributed by atoms with Crippen LogP contribution in [0.4, 0.5) is 0 Å². The normalized spacial score (nSPS) is 13.8. The molecule has 0 bridgehead atoms. The van der Waals surface area contributed by atoms with Crippen LogP contribution in [0.25, 0.3) is 10.6 Å². The molecule has 9 heteroatoms. The summed E-state index contributed by atoms with van der Waals surface area (Å²) in [7, 11) is -5.79. The zero-order valence-electron chi connectivity index (χ0n) is 21.4. The van der Waals surface area contributed by atoms with Crippen molar-refractivity contribution in [3.05, 3.63) is 60.1 Å². The second kappa shape index (κ2) is 11.5. The monoisotopic (exact) mass is 534 g/mol. The van der Waals surface area contributed by atoms with Crippen LogP contribution < -0.4 is 5.14 Å². The second-order valence-corrected chi connectivity index (χ2v) is 18.2. The maximum Gasteiger partial charge on any atom is 0.247 e. The Hall–Kier alpha value is -1.78. The number of hydrogen-bond donors (Lipinski definition) is 1. The molecule has 2 aromatic heterocycles. The Morgan fingerprint density at radius 2 is 1.74 bits per heavy atom. The van der Waals surface area contributed by atoms with Gasteiger partial charge in [0.2, 0.25) is 15.9 Å². The lowest BCUT2D eigenvalue weighted by molar-refractivity contribution is 0.139. The summed E-state index contributed by atoms with van der Waals surface area (Å²) in [6, 6.07) is 13.8. The number of nitrogens with zero attached hydrogens (tertiary/aromatic N) is 1. The number of primary sulfonamides is 1. The average Bonchev–Trinajstić information content (AvgIpc) is 3.45. The second-order valence-electron chi connectivity index (χ2n) is 10.5. The zero-order valence-corrected chi connectivity index (χ0v) is 24.0. The molecule has 6 nitrogen and oxygen atoms in total. The van der Waals surface area contributed by atoms with E-state index in [1.54, 1.807) is 12.3 Å². The highest BCUT2D eigenvalue weighted by atomic mass is 32.2. The molecule has 1 aromatic carbocycles. The molecular formula is C26H38N2O4S2Si. The molecule has 3 rings (SSSR count). The van der Waals surface area contributed by atoms with Crippen LogP contribution in [-0.2, 0) is 20.9 Å². The van der Waals surface area contributed by atoms with Crippen molar-refractivity contribution >= 4 is 29.7 Å². The van der Waals surface area contributed by atoms with E-state index >= 15 is 0 Å². The van der Waals surface area contributed by atoms with E-state index in [2.05, 4.69) is 69.2 Å². The fraction of sp³-hybridized carbons (Fsp3) is 0.500. The average molecular weight is 535 g/mol. The Morgan fingerprint density at radius 1 is 1.06 bits per heavy atom. The van der Waals surface area contributed by atoms with Crippen molar-refractivity contribution in [1.82, 2.24) is 4.98 Å². The topological polar surface area (TPSA) is 95.4 Å². The molecule has 192 valence electrons. The predicted octanol–water partition coefficient (Wildman–Crippen LogP) is 7.31. The molecule has 0 saturated carbocycles. The Kier molecular flexibility index (Phi) is 9.15. The van der Waals surface area contributed by atoms with E-state index in [-0.39, 0.29) is 15.4 Å². The minimum absolute atomic E-state index is 0.0640. The molecule has 1 unspecified atom stereocenters. The van der Waals surface area contributed by atoms with E-state index in [1.165, 1.54) is 24.5 Å². The standard InChI is InChI=1S/C26H38N2O4S2Si/c1-26(2,3)35(4,5)32-21(16-12-7-6-9-13-20-14-10-8-11-15-20)25-28-19-22(31-25)23-17-18-24(33-23)34(27,29)30/h8,10-11,14-15,17-19,21H,6-7,9,12-13,16H2,1-5H3,(H2,27,29,30). The quantitative estimate of drug-likeness (QED) is 0.194. The number of aryl methyl sites for hydroxylation is 1. The molecule has 0 fully saturated rings. The molecule has 1 atom stereocenters. The molecular weight excluding hydrogens is 497 g/mol. The molecule has 2 N–H and O–H groups in total. The molecule has 0 radical (unpaired) electrons. The van der Waals surface area contributed by atoms with Crippen LogP contribution in [0, 0.1) is 0 Å². The highest BCUT2D eigenvalue weighted by Crippen LogP contribution is 2.41. The van der Waals surface area contributed by atoms with E-state index in [9.17, 15) is 8.42 Å². The lowest BCUT2D eigenvalue weighted by Crippen LogP contribution is -2.41.